The summed E-state index contributed by atoms with van der Waals surface area (Å²) in [7, 11) is 1.11. The Hall–Kier alpha value is -0.750. The van der Waals surface area contributed by atoms with Gasteiger partial charge in [-0.15, -0.1) is 0 Å². The predicted molar refractivity (Wildman–Crippen MR) is 55.9 cm³/mol. The van der Waals surface area contributed by atoms with Crippen molar-refractivity contribution in [1.82, 2.24) is 0 Å². The number of carbonyl (C=O) groups is 1. The molecule has 1 rings (SSSR count). The van der Waals surface area contributed by atoms with Crippen molar-refractivity contribution >= 4 is 32.8 Å². The number of halogens is 5. The van der Waals surface area contributed by atoms with Crippen molar-refractivity contribution < 1.29 is 22.7 Å². The monoisotopic (exact) mass is 316 g/mol. The smallest absolute Gasteiger partial charge is 0.419 e. The lowest BCUT2D eigenvalue weighted by Gasteiger charge is -2.13. The van der Waals surface area contributed by atoms with E-state index in [1.165, 1.54) is 0 Å². The first-order valence-corrected chi connectivity index (χ1v) is 5.09. The highest BCUT2D eigenvalue weighted by Crippen LogP contribution is 2.39. The highest BCUT2D eigenvalue weighted by Gasteiger charge is 2.35. The fourth-order valence-electron chi connectivity index (χ4n) is 1.10. The first-order chi connectivity index (χ1) is 7.27. The maximum Gasteiger partial charge on any atom is 0.419 e. The molecule has 88 valence electrons. The van der Waals surface area contributed by atoms with Gasteiger partial charge in [0.05, 0.1) is 12.7 Å². The van der Waals surface area contributed by atoms with Gasteiger partial charge in [-0.05, 0) is 39.7 Å². The SMILES string of the molecule is COc1cc(Br)c(C(=O)Cl)cc1C(F)(F)F. The maximum atomic E-state index is 12.6. The van der Waals surface area contributed by atoms with Crippen molar-refractivity contribution in [3.8, 4) is 5.75 Å². The Morgan fingerprint density at radius 3 is 2.38 bits per heavy atom. The molecule has 7 heteroatoms. The third-order valence-corrected chi connectivity index (χ3v) is 2.67. The van der Waals surface area contributed by atoms with Crippen LogP contribution in [0.3, 0.4) is 0 Å². The van der Waals surface area contributed by atoms with Crippen LogP contribution in [0.4, 0.5) is 13.2 Å². The molecule has 0 saturated heterocycles. The summed E-state index contributed by atoms with van der Waals surface area (Å²) in [5.41, 5.74) is -1.29. The quantitative estimate of drug-likeness (QED) is 0.774. The number of alkyl halides is 3. The topological polar surface area (TPSA) is 26.3 Å². The van der Waals surface area contributed by atoms with Crippen molar-refractivity contribution in [1.29, 1.82) is 0 Å². The first-order valence-electron chi connectivity index (χ1n) is 3.92. The first kappa shape index (κ1) is 13.3. The van der Waals surface area contributed by atoms with Crippen LogP contribution in [0.2, 0.25) is 0 Å². The summed E-state index contributed by atoms with van der Waals surface area (Å²) in [5, 5.41) is -0.972. The summed E-state index contributed by atoms with van der Waals surface area (Å²) in [6, 6.07) is 1.71. The van der Waals surface area contributed by atoms with Crippen LogP contribution in [-0.2, 0) is 6.18 Å². The second-order valence-corrected chi connectivity index (χ2v) is 4.00. The normalized spacial score (nSPS) is 11.4. The molecule has 0 unspecified atom stereocenters. The van der Waals surface area contributed by atoms with Gasteiger partial charge >= 0.3 is 6.18 Å². The van der Waals surface area contributed by atoms with Crippen LogP contribution in [0.15, 0.2) is 16.6 Å². The van der Waals surface area contributed by atoms with E-state index in [0.29, 0.717) is 6.07 Å². The van der Waals surface area contributed by atoms with Gasteiger partial charge in [0.1, 0.15) is 5.75 Å². The molecule has 0 amide bonds. The average molecular weight is 317 g/mol. The van der Waals surface area contributed by atoms with E-state index in [1.54, 1.807) is 0 Å². The van der Waals surface area contributed by atoms with Gasteiger partial charge in [0.2, 0.25) is 0 Å². The zero-order chi connectivity index (χ0) is 12.5. The van der Waals surface area contributed by atoms with Crippen molar-refractivity contribution in [3.63, 3.8) is 0 Å². The lowest BCUT2D eigenvalue weighted by molar-refractivity contribution is -0.138. The Balaban J connectivity index is 3.47. The Morgan fingerprint density at radius 1 is 1.44 bits per heavy atom. The molecule has 0 N–H and O–H groups in total. The Bertz CT molecular complexity index is 431. The molecule has 2 nitrogen and oxygen atoms in total. The fraction of sp³-hybridized carbons (Fsp3) is 0.222. The number of rotatable bonds is 2. The molecule has 16 heavy (non-hydrogen) atoms. The van der Waals surface area contributed by atoms with E-state index in [9.17, 15) is 18.0 Å². The van der Waals surface area contributed by atoms with Crippen LogP contribution in [0, 0.1) is 0 Å². The molecule has 1 aromatic rings. The highest BCUT2D eigenvalue weighted by molar-refractivity contribution is 9.10. The summed E-state index contributed by atoms with van der Waals surface area (Å²) in [6.07, 6.45) is -4.60. The number of hydrogen-bond donors (Lipinski definition) is 0. The average Bonchev–Trinajstić information content (AvgIpc) is 2.14. The molecule has 0 aromatic heterocycles. The Kier molecular flexibility index (Phi) is 3.85. The number of hydrogen-bond acceptors (Lipinski definition) is 2. The molecule has 0 heterocycles. The molecule has 0 fully saturated rings. The van der Waals surface area contributed by atoms with E-state index in [4.69, 9.17) is 11.6 Å². The molecule has 0 spiro atoms. The van der Waals surface area contributed by atoms with Gasteiger partial charge in [-0.3, -0.25) is 4.79 Å². The number of ether oxygens (including phenoxy) is 1. The van der Waals surface area contributed by atoms with E-state index in [2.05, 4.69) is 20.7 Å². The fourth-order valence-corrected chi connectivity index (χ4v) is 1.87. The minimum Gasteiger partial charge on any atom is -0.496 e. The molecule has 0 aliphatic carbocycles. The summed E-state index contributed by atoms with van der Waals surface area (Å²) in [6.45, 7) is 0. The summed E-state index contributed by atoms with van der Waals surface area (Å²) in [4.78, 5) is 10.9. The van der Waals surface area contributed by atoms with E-state index in [0.717, 1.165) is 13.2 Å². The van der Waals surface area contributed by atoms with Crippen molar-refractivity contribution in [2.45, 2.75) is 6.18 Å². The van der Waals surface area contributed by atoms with Crippen LogP contribution in [-0.4, -0.2) is 12.4 Å². The second kappa shape index (κ2) is 4.63. The van der Waals surface area contributed by atoms with E-state index >= 15 is 0 Å². The minimum absolute atomic E-state index is 0.150. The summed E-state index contributed by atoms with van der Waals surface area (Å²) >= 11 is 8.09. The van der Waals surface area contributed by atoms with Crippen molar-refractivity contribution in [2.24, 2.45) is 0 Å². The number of methoxy groups -OCH3 is 1. The van der Waals surface area contributed by atoms with E-state index < -0.39 is 17.0 Å². The zero-order valence-corrected chi connectivity index (χ0v) is 10.2. The maximum absolute atomic E-state index is 12.6. The van der Waals surface area contributed by atoms with Crippen LogP contribution in [0.1, 0.15) is 15.9 Å². The molecule has 0 aliphatic heterocycles. The van der Waals surface area contributed by atoms with Gasteiger partial charge in [0, 0.05) is 10.0 Å². The van der Waals surface area contributed by atoms with Gasteiger partial charge < -0.3 is 4.74 Å². The number of benzene rings is 1. The van der Waals surface area contributed by atoms with E-state index in [-0.39, 0.29) is 15.8 Å². The zero-order valence-electron chi connectivity index (χ0n) is 7.86. The van der Waals surface area contributed by atoms with Crippen LogP contribution in [0.5, 0.6) is 5.75 Å². The van der Waals surface area contributed by atoms with Crippen LogP contribution < -0.4 is 4.74 Å². The number of carbonyl (C=O) groups excluding carboxylic acids is 1. The summed E-state index contributed by atoms with van der Waals surface area (Å²) in [5.74, 6) is -0.374. The Morgan fingerprint density at radius 2 is 2.00 bits per heavy atom. The molecule has 1 aromatic carbocycles. The second-order valence-electron chi connectivity index (χ2n) is 2.80. The highest BCUT2D eigenvalue weighted by atomic mass is 79.9. The standard InChI is InChI=1S/C9H5BrClF3O2/c1-16-7-3-6(10)4(8(11)15)2-5(7)9(12,13)14/h2-3H,1H3. The van der Waals surface area contributed by atoms with Gasteiger partial charge in [0.15, 0.2) is 0 Å². The molecule has 0 aliphatic rings. The molecular formula is C9H5BrClF3O2. The largest absolute Gasteiger partial charge is 0.496 e. The van der Waals surface area contributed by atoms with Crippen molar-refractivity contribution in [3.05, 3.63) is 27.7 Å². The van der Waals surface area contributed by atoms with Crippen LogP contribution in [0.25, 0.3) is 0 Å². The lowest BCUT2D eigenvalue weighted by Crippen LogP contribution is -2.09. The lowest BCUT2D eigenvalue weighted by atomic mass is 10.1. The predicted octanol–water partition coefficient (Wildman–Crippen LogP) is 3.86. The minimum atomic E-state index is -4.60. The van der Waals surface area contributed by atoms with Gasteiger partial charge in [-0.25, -0.2) is 0 Å². The Labute approximate surface area is 102 Å². The summed E-state index contributed by atoms with van der Waals surface area (Å²) < 4.78 is 42.4. The molecular weight excluding hydrogens is 312 g/mol. The van der Waals surface area contributed by atoms with Gasteiger partial charge in [-0.1, -0.05) is 0 Å². The molecule has 0 saturated carbocycles. The van der Waals surface area contributed by atoms with Crippen LogP contribution >= 0.6 is 27.5 Å². The third kappa shape index (κ3) is 2.68. The van der Waals surface area contributed by atoms with Crippen molar-refractivity contribution in [2.75, 3.05) is 7.11 Å². The third-order valence-electron chi connectivity index (χ3n) is 1.81. The van der Waals surface area contributed by atoms with Gasteiger partial charge in [0.25, 0.3) is 5.24 Å². The van der Waals surface area contributed by atoms with E-state index in [1.807, 2.05) is 0 Å². The van der Waals surface area contributed by atoms with Gasteiger partial charge in [-0.2, -0.15) is 13.2 Å². The molecule has 0 atom stereocenters. The molecule has 0 radical (unpaired) electrons. The molecule has 0 bridgehead atoms.